The van der Waals surface area contributed by atoms with Crippen molar-refractivity contribution in [3.8, 4) is 11.6 Å². The average Bonchev–Trinajstić information content (AvgIpc) is 3.19. The van der Waals surface area contributed by atoms with Gasteiger partial charge in [-0.25, -0.2) is 4.98 Å². The van der Waals surface area contributed by atoms with Gasteiger partial charge in [0.2, 0.25) is 0 Å². The Balaban J connectivity index is 1.59. The highest BCUT2D eigenvalue weighted by Crippen LogP contribution is 2.52. The van der Waals surface area contributed by atoms with Crippen LogP contribution in [0.25, 0.3) is 11.6 Å². The summed E-state index contributed by atoms with van der Waals surface area (Å²) in [6, 6.07) is 0. The Hall–Kier alpha value is -1.27. The van der Waals surface area contributed by atoms with E-state index in [1.807, 2.05) is 5.38 Å². The number of nitrogens with zero attached hydrogens (tertiary/aromatic N) is 3. The van der Waals surface area contributed by atoms with Crippen LogP contribution in [0.5, 0.6) is 0 Å². The first-order chi connectivity index (χ1) is 9.33. The molecule has 0 spiro atoms. The summed E-state index contributed by atoms with van der Waals surface area (Å²) in [4.78, 5) is 8.94. The molecule has 5 nitrogen and oxygen atoms in total. The van der Waals surface area contributed by atoms with Crippen molar-refractivity contribution in [3.63, 3.8) is 0 Å². The molecule has 2 aliphatic carbocycles. The minimum atomic E-state index is 0.456. The van der Waals surface area contributed by atoms with Crippen molar-refractivity contribution in [1.82, 2.24) is 15.1 Å². The molecule has 19 heavy (non-hydrogen) atoms. The Morgan fingerprint density at radius 2 is 2.26 bits per heavy atom. The third-order valence-corrected chi connectivity index (χ3v) is 5.33. The molecule has 4 rings (SSSR count). The summed E-state index contributed by atoms with van der Waals surface area (Å²) in [5.41, 5.74) is 6.33. The van der Waals surface area contributed by atoms with E-state index in [1.165, 1.54) is 37.0 Å². The largest absolute Gasteiger partial charge is 0.332 e. The van der Waals surface area contributed by atoms with E-state index < -0.39 is 0 Å². The zero-order valence-electron chi connectivity index (χ0n) is 10.6. The summed E-state index contributed by atoms with van der Waals surface area (Å²) in [7, 11) is 0. The van der Waals surface area contributed by atoms with Crippen LogP contribution in [-0.2, 0) is 6.54 Å². The van der Waals surface area contributed by atoms with Crippen LogP contribution in [0.4, 0.5) is 0 Å². The Morgan fingerprint density at radius 3 is 2.95 bits per heavy atom. The van der Waals surface area contributed by atoms with Gasteiger partial charge < -0.3 is 10.3 Å². The summed E-state index contributed by atoms with van der Waals surface area (Å²) in [6.07, 6.45) is 5.29. The van der Waals surface area contributed by atoms with Gasteiger partial charge in [-0.3, -0.25) is 0 Å². The van der Waals surface area contributed by atoms with Crippen molar-refractivity contribution < 1.29 is 4.52 Å². The van der Waals surface area contributed by atoms with Crippen LogP contribution in [0.1, 0.15) is 42.4 Å². The molecule has 2 heterocycles. The van der Waals surface area contributed by atoms with Crippen LogP contribution < -0.4 is 5.73 Å². The van der Waals surface area contributed by atoms with Gasteiger partial charge >= 0.3 is 0 Å². The maximum absolute atomic E-state index is 5.57. The van der Waals surface area contributed by atoms with E-state index in [1.54, 1.807) is 0 Å². The highest BCUT2D eigenvalue weighted by atomic mass is 32.1. The molecule has 3 unspecified atom stereocenters. The Morgan fingerprint density at radius 1 is 1.32 bits per heavy atom. The molecule has 0 aromatic carbocycles. The second-order valence-corrected chi connectivity index (χ2v) is 6.51. The first kappa shape index (κ1) is 11.5. The van der Waals surface area contributed by atoms with E-state index in [0.717, 1.165) is 28.4 Å². The maximum Gasteiger partial charge on any atom is 0.277 e. The molecule has 0 amide bonds. The number of hydrogen-bond donors (Lipinski definition) is 1. The van der Waals surface area contributed by atoms with Gasteiger partial charge in [0.15, 0.2) is 5.82 Å². The minimum absolute atomic E-state index is 0.456. The molecular formula is C13H16N4OS. The zero-order chi connectivity index (χ0) is 12.8. The van der Waals surface area contributed by atoms with Crippen LogP contribution in [-0.4, -0.2) is 15.1 Å². The fourth-order valence-corrected chi connectivity index (χ4v) is 4.20. The summed E-state index contributed by atoms with van der Waals surface area (Å²) < 4.78 is 5.37. The van der Waals surface area contributed by atoms with E-state index in [4.69, 9.17) is 10.3 Å². The first-order valence-electron chi connectivity index (χ1n) is 6.82. The van der Waals surface area contributed by atoms with Crippen LogP contribution >= 0.6 is 11.3 Å². The molecule has 2 fully saturated rings. The highest BCUT2D eigenvalue weighted by molar-refractivity contribution is 7.09. The molecule has 6 heteroatoms. The van der Waals surface area contributed by atoms with Crippen LogP contribution in [0.2, 0.25) is 0 Å². The zero-order valence-corrected chi connectivity index (χ0v) is 11.4. The van der Waals surface area contributed by atoms with E-state index >= 15 is 0 Å². The predicted molar refractivity (Wildman–Crippen MR) is 71.5 cm³/mol. The van der Waals surface area contributed by atoms with Crippen molar-refractivity contribution in [2.45, 2.75) is 38.1 Å². The fourth-order valence-electron chi connectivity index (χ4n) is 3.55. The molecule has 100 valence electrons. The van der Waals surface area contributed by atoms with Crippen molar-refractivity contribution in [2.24, 2.45) is 17.6 Å². The topological polar surface area (TPSA) is 77.8 Å². The first-order valence-corrected chi connectivity index (χ1v) is 7.70. The quantitative estimate of drug-likeness (QED) is 0.932. The highest BCUT2D eigenvalue weighted by Gasteiger charge is 2.42. The molecule has 2 saturated carbocycles. The van der Waals surface area contributed by atoms with Crippen LogP contribution in [0, 0.1) is 11.8 Å². The summed E-state index contributed by atoms with van der Waals surface area (Å²) >= 11 is 1.53. The number of rotatable bonds is 3. The van der Waals surface area contributed by atoms with Gasteiger partial charge in [-0.05, 0) is 31.1 Å². The summed E-state index contributed by atoms with van der Waals surface area (Å²) in [6.45, 7) is 0.456. The molecule has 0 saturated heterocycles. The smallest absolute Gasteiger partial charge is 0.277 e. The molecule has 3 atom stereocenters. The van der Waals surface area contributed by atoms with Gasteiger partial charge in [0, 0.05) is 17.8 Å². The van der Waals surface area contributed by atoms with Crippen LogP contribution in [0.3, 0.4) is 0 Å². The van der Waals surface area contributed by atoms with Gasteiger partial charge in [0.05, 0.1) is 0 Å². The van der Waals surface area contributed by atoms with Crippen LogP contribution in [0.15, 0.2) is 9.90 Å². The molecule has 2 aromatic heterocycles. The lowest BCUT2D eigenvalue weighted by Crippen LogP contribution is -2.09. The summed E-state index contributed by atoms with van der Waals surface area (Å²) in [5.74, 6) is 3.58. The van der Waals surface area contributed by atoms with E-state index in [-0.39, 0.29) is 0 Å². The van der Waals surface area contributed by atoms with Gasteiger partial charge in [-0.1, -0.05) is 11.6 Å². The van der Waals surface area contributed by atoms with Crippen molar-refractivity contribution in [2.75, 3.05) is 0 Å². The minimum Gasteiger partial charge on any atom is -0.332 e. The third-order valence-electron chi connectivity index (χ3n) is 4.46. The molecule has 0 radical (unpaired) electrons. The monoisotopic (exact) mass is 276 g/mol. The lowest BCUT2D eigenvalue weighted by molar-refractivity contribution is 0.372. The lowest BCUT2D eigenvalue weighted by Gasteiger charge is -2.17. The van der Waals surface area contributed by atoms with Gasteiger partial charge in [-0.2, -0.15) is 4.98 Å². The SMILES string of the molecule is NCc1nc(-c2nc(C3CC4CCC3C4)no2)cs1. The standard InChI is InChI=1S/C13H16N4OS/c14-5-11-15-10(6-19-11)13-16-12(17-18-13)9-4-7-1-2-8(9)3-7/h6-9H,1-5,14H2. The van der Waals surface area contributed by atoms with Crippen molar-refractivity contribution >= 4 is 11.3 Å². The number of hydrogen-bond acceptors (Lipinski definition) is 6. The number of fused-ring (bicyclic) bond motifs is 2. The molecular weight excluding hydrogens is 260 g/mol. The van der Waals surface area contributed by atoms with E-state index in [2.05, 4.69) is 15.1 Å². The van der Waals surface area contributed by atoms with Gasteiger partial charge in [0.25, 0.3) is 5.89 Å². The van der Waals surface area contributed by atoms with Crippen molar-refractivity contribution in [1.29, 1.82) is 0 Å². The average molecular weight is 276 g/mol. The number of thiazole rings is 1. The normalized spacial score (nSPS) is 29.2. The fraction of sp³-hybridized carbons (Fsp3) is 0.615. The lowest BCUT2D eigenvalue weighted by atomic mass is 9.88. The van der Waals surface area contributed by atoms with Crippen molar-refractivity contribution in [3.05, 3.63) is 16.2 Å². The molecule has 2 N–H and O–H groups in total. The maximum atomic E-state index is 5.57. The molecule has 2 aliphatic rings. The molecule has 2 aromatic rings. The Labute approximate surface area is 115 Å². The van der Waals surface area contributed by atoms with E-state index in [0.29, 0.717) is 18.4 Å². The number of aromatic nitrogens is 3. The van der Waals surface area contributed by atoms with E-state index in [9.17, 15) is 0 Å². The molecule has 2 bridgehead atoms. The Kier molecular flexibility index (Phi) is 2.66. The summed E-state index contributed by atoms with van der Waals surface area (Å²) in [5, 5.41) is 7.00. The Bertz CT molecular complexity index is 593. The second-order valence-electron chi connectivity index (χ2n) is 5.57. The molecule has 0 aliphatic heterocycles. The predicted octanol–water partition coefficient (Wildman–Crippen LogP) is 2.56. The van der Waals surface area contributed by atoms with Gasteiger partial charge in [0.1, 0.15) is 10.7 Å². The van der Waals surface area contributed by atoms with Gasteiger partial charge in [-0.15, -0.1) is 11.3 Å². The number of nitrogens with two attached hydrogens (primary N) is 1. The third kappa shape index (κ3) is 1.90. The second kappa shape index (κ2) is 4.38.